The molecule has 1 aliphatic rings. The van der Waals surface area contributed by atoms with E-state index in [0.717, 1.165) is 42.8 Å². The van der Waals surface area contributed by atoms with E-state index in [1.54, 1.807) is 18.3 Å². The minimum absolute atomic E-state index is 0.290. The molecule has 3 rings (SSSR count). The van der Waals surface area contributed by atoms with Crippen molar-refractivity contribution in [2.24, 2.45) is 5.73 Å². The lowest BCUT2D eigenvalue weighted by Gasteiger charge is -2.24. The molecule has 1 aromatic heterocycles. The number of nitrogens with zero attached hydrogens (tertiary/aromatic N) is 2. The number of benzene rings is 1. The average Bonchev–Trinajstić information content (AvgIpc) is 2.56. The van der Waals surface area contributed by atoms with Crippen LogP contribution in [0.5, 0.6) is 0 Å². The van der Waals surface area contributed by atoms with Gasteiger partial charge in [0.1, 0.15) is 0 Å². The van der Waals surface area contributed by atoms with E-state index < -0.39 is 5.91 Å². The fourth-order valence-electron chi connectivity index (χ4n) is 2.84. The Morgan fingerprint density at radius 2 is 2.05 bits per heavy atom. The van der Waals surface area contributed by atoms with Crippen molar-refractivity contribution in [2.75, 3.05) is 18.8 Å². The summed E-state index contributed by atoms with van der Waals surface area (Å²) in [6.07, 6.45) is 3.95. The van der Waals surface area contributed by atoms with E-state index in [4.69, 9.17) is 11.5 Å². The summed E-state index contributed by atoms with van der Waals surface area (Å²) in [6, 6.07) is 7.18. The molecular weight excluding hydrogens is 278 g/mol. The highest BCUT2D eigenvalue weighted by Gasteiger charge is 2.21. The van der Waals surface area contributed by atoms with Gasteiger partial charge in [0.25, 0.3) is 0 Å². The molecule has 1 amide bonds. The van der Waals surface area contributed by atoms with E-state index >= 15 is 0 Å². The second kappa shape index (κ2) is 6.11. The van der Waals surface area contributed by atoms with Gasteiger partial charge < -0.3 is 16.8 Å². The van der Waals surface area contributed by atoms with Crippen LogP contribution in [-0.2, 0) is 0 Å². The fourth-order valence-corrected chi connectivity index (χ4v) is 2.84. The topological polar surface area (TPSA) is 107 Å². The third kappa shape index (κ3) is 2.92. The number of piperidine rings is 1. The number of nitrogens with one attached hydrogen (secondary N) is 1. The molecule has 0 saturated carbocycles. The van der Waals surface area contributed by atoms with Crippen molar-refractivity contribution in [3.05, 3.63) is 41.7 Å². The van der Waals surface area contributed by atoms with Crippen molar-refractivity contribution in [1.29, 1.82) is 0 Å². The fraction of sp³-hybridized carbons (Fsp3) is 0.312. The molecule has 114 valence electrons. The van der Waals surface area contributed by atoms with Gasteiger partial charge in [0.05, 0.1) is 5.69 Å². The molecule has 1 aromatic carbocycles. The summed E-state index contributed by atoms with van der Waals surface area (Å²) in [6.45, 7) is 1.93. The molecule has 2 heterocycles. The smallest absolute Gasteiger partial charge is 0.248 e. The predicted molar refractivity (Wildman–Crippen MR) is 85.2 cm³/mol. The van der Waals surface area contributed by atoms with Gasteiger partial charge >= 0.3 is 0 Å². The highest BCUT2D eigenvalue weighted by molar-refractivity contribution is 5.93. The summed E-state index contributed by atoms with van der Waals surface area (Å²) in [5.74, 6) is 0.180. The first-order chi connectivity index (χ1) is 10.6. The van der Waals surface area contributed by atoms with Crippen molar-refractivity contribution in [2.45, 2.75) is 18.8 Å². The summed E-state index contributed by atoms with van der Waals surface area (Å²) >= 11 is 0. The first kappa shape index (κ1) is 14.5. The van der Waals surface area contributed by atoms with E-state index in [-0.39, 0.29) is 5.95 Å². The number of amides is 1. The van der Waals surface area contributed by atoms with Gasteiger partial charge in [-0.3, -0.25) is 4.79 Å². The molecule has 22 heavy (non-hydrogen) atoms. The van der Waals surface area contributed by atoms with E-state index in [2.05, 4.69) is 15.3 Å². The second-order valence-electron chi connectivity index (χ2n) is 5.51. The van der Waals surface area contributed by atoms with E-state index in [0.29, 0.717) is 11.5 Å². The van der Waals surface area contributed by atoms with Crippen LogP contribution in [0.3, 0.4) is 0 Å². The molecule has 1 fully saturated rings. The Morgan fingerprint density at radius 1 is 1.27 bits per heavy atom. The lowest BCUT2D eigenvalue weighted by Crippen LogP contribution is -2.29. The SMILES string of the molecule is NC(=O)c1ccc(-c2cnc(N)nc2[C@@H]2CCCNC2)cc1. The summed E-state index contributed by atoms with van der Waals surface area (Å²) < 4.78 is 0. The molecule has 0 aliphatic carbocycles. The lowest BCUT2D eigenvalue weighted by atomic mass is 9.90. The Kier molecular flexibility index (Phi) is 4.02. The van der Waals surface area contributed by atoms with Gasteiger partial charge in [-0.05, 0) is 37.1 Å². The van der Waals surface area contributed by atoms with Crippen LogP contribution in [0.25, 0.3) is 11.1 Å². The van der Waals surface area contributed by atoms with Gasteiger partial charge in [-0.2, -0.15) is 0 Å². The lowest BCUT2D eigenvalue weighted by molar-refractivity contribution is 0.100. The van der Waals surface area contributed by atoms with Gasteiger partial charge in [-0.25, -0.2) is 9.97 Å². The van der Waals surface area contributed by atoms with Crippen molar-refractivity contribution in [3.8, 4) is 11.1 Å². The third-order valence-corrected chi connectivity index (χ3v) is 4.00. The van der Waals surface area contributed by atoms with Crippen molar-refractivity contribution in [1.82, 2.24) is 15.3 Å². The summed E-state index contributed by atoms with van der Waals surface area (Å²) in [7, 11) is 0. The maximum Gasteiger partial charge on any atom is 0.248 e. The van der Waals surface area contributed by atoms with Gasteiger partial charge in [-0.1, -0.05) is 12.1 Å². The Hall–Kier alpha value is -2.47. The summed E-state index contributed by atoms with van der Waals surface area (Å²) in [4.78, 5) is 19.8. The van der Waals surface area contributed by atoms with Crippen molar-refractivity contribution >= 4 is 11.9 Å². The number of rotatable bonds is 3. The third-order valence-electron chi connectivity index (χ3n) is 4.00. The summed E-state index contributed by atoms with van der Waals surface area (Å²) in [5.41, 5.74) is 14.4. The highest BCUT2D eigenvalue weighted by atomic mass is 16.1. The number of carbonyl (C=O) groups is 1. The van der Waals surface area contributed by atoms with E-state index in [9.17, 15) is 4.79 Å². The van der Waals surface area contributed by atoms with Crippen LogP contribution in [0, 0.1) is 0 Å². The molecule has 1 saturated heterocycles. The minimum Gasteiger partial charge on any atom is -0.368 e. The van der Waals surface area contributed by atoms with Gasteiger partial charge in [-0.15, -0.1) is 0 Å². The Labute approximate surface area is 129 Å². The molecule has 1 atom stereocenters. The van der Waals surface area contributed by atoms with E-state index in [1.807, 2.05) is 12.1 Å². The standard InChI is InChI=1S/C16H19N5O/c17-15(22)11-5-3-10(4-6-11)13-9-20-16(18)21-14(13)12-2-1-7-19-8-12/h3-6,9,12,19H,1-2,7-8H2,(H2,17,22)(H2,18,20,21)/t12-/m1/s1. The molecule has 1 aliphatic heterocycles. The van der Waals surface area contributed by atoms with Crippen LogP contribution in [0.15, 0.2) is 30.5 Å². The van der Waals surface area contributed by atoms with Crippen LogP contribution < -0.4 is 16.8 Å². The molecule has 6 heteroatoms. The number of aromatic nitrogens is 2. The molecule has 0 spiro atoms. The largest absolute Gasteiger partial charge is 0.368 e. The predicted octanol–water partition coefficient (Wildman–Crippen LogP) is 1.29. The molecule has 0 radical (unpaired) electrons. The maximum absolute atomic E-state index is 11.2. The Morgan fingerprint density at radius 3 is 2.68 bits per heavy atom. The zero-order chi connectivity index (χ0) is 15.5. The highest BCUT2D eigenvalue weighted by Crippen LogP contribution is 2.31. The van der Waals surface area contributed by atoms with Crippen LogP contribution in [-0.4, -0.2) is 29.0 Å². The number of nitrogens with two attached hydrogens (primary N) is 2. The maximum atomic E-state index is 11.2. The number of nitrogen functional groups attached to an aromatic ring is 1. The molecule has 0 bridgehead atoms. The van der Waals surface area contributed by atoms with Crippen LogP contribution in [0.1, 0.15) is 34.8 Å². The quantitative estimate of drug-likeness (QED) is 0.791. The molecule has 2 aromatic rings. The minimum atomic E-state index is -0.434. The first-order valence-electron chi connectivity index (χ1n) is 7.38. The molecule has 0 unspecified atom stereocenters. The number of primary amides is 1. The number of carbonyl (C=O) groups excluding carboxylic acids is 1. The van der Waals surface area contributed by atoms with Crippen LogP contribution in [0.2, 0.25) is 0 Å². The van der Waals surface area contributed by atoms with Gasteiger partial charge in [0, 0.05) is 29.8 Å². The zero-order valence-corrected chi connectivity index (χ0v) is 12.2. The Balaban J connectivity index is 2.00. The van der Waals surface area contributed by atoms with Crippen molar-refractivity contribution < 1.29 is 4.79 Å². The van der Waals surface area contributed by atoms with Gasteiger partial charge in [0.2, 0.25) is 11.9 Å². The molecule has 5 N–H and O–H groups in total. The average molecular weight is 297 g/mol. The second-order valence-corrected chi connectivity index (χ2v) is 5.51. The number of anilines is 1. The molecular formula is C16H19N5O. The number of hydrogen-bond acceptors (Lipinski definition) is 5. The Bertz CT molecular complexity index is 677. The molecule has 6 nitrogen and oxygen atoms in total. The zero-order valence-electron chi connectivity index (χ0n) is 12.2. The van der Waals surface area contributed by atoms with Crippen molar-refractivity contribution in [3.63, 3.8) is 0 Å². The number of hydrogen-bond donors (Lipinski definition) is 3. The first-order valence-corrected chi connectivity index (χ1v) is 7.38. The van der Waals surface area contributed by atoms with E-state index in [1.165, 1.54) is 0 Å². The normalized spacial score (nSPS) is 18.1. The van der Waals surface area contributed by atoms with Gasteiger partial charge in [0.15, 0.2) is 0 Å². The summed E-state index contributed by atoms with van der Waals surface area (Å²) in [5, 5.41) is 3.39. The van der Waals surface area contributed by atoms with Crippen LogP contribution in [0.4, 0.5) is 5.95 Å². The van der Waals surface area contributed by atoms with Crippen LogP contribution >= 0.6 is 0 Å². The monoisotopic (exact) mass is 297 g/mol.